The average Bonchev–Trinajstić information content (AvgIpc) is 2.27. The highest BCUT2D eigenvalue weighted by molar-refractivity contribution is 6.31. The third-order valence-corrected chi connectivity index (χ3v) is 2.80. The van der Waals surface area contributed by atoms with Crippen molar-refractivity contribution in [2.75, 3.05) is 5.32 Å². The van der Waals surface area contributed by atoms with Crippen LogP contribution in [-0.2, 0) is 0 Å². The fraction of sp³-hybridized carbons (Fsp3) is 0.0833. The molecule has 0 spiro atoms. The van der Waals surface area contributed by atoms with E-state index in [1.807, 2.05) is 31.2 Å². The monoisotopic (exact) mass is 252 g/mol. The van der Waals surface area contributed by atoms with Crippen LogP contribution in [0.3, 0.4) is 0 Å². The first kappa shape index (κ1) is 11.2. The van der Waals surface area contributed by atoms with Gasteiger partial charge < -0.3 is 5.32 Å². The number of benzene rings is 1. The molecule has 2 aromatic rings. The summed E-state index contributed by atoms with van der Waals surface area (Å²) in [5.41, 5.74) is 1.96. The van der Waals surface area contributed by atoms with Crippen LogP contribution in [0.4, 0.5) is 11.5 Å². The highest BCUT2D eigenvalue weighted by Crippen LogP contribution is 2.22. The quantitative estimate of drug-likeness (QED) is 0.855. The smallest absolute Gasteiger partial charge is 0.130 e. The van der Waals surface area contributed by atoms with Crippen LogP contribution >= 0.6 is 23.2 Å². The molecular weight excluding hydrogens is 243 g/mol. The number of anilines is 2. The van der Waals surface area contributed by atoms with Crippen molar-refractivity contribution >= 4 is 34.7 Å². The van der Waals surface area contributed by atoms with Gasteiger partial charge in [-0.15, -0.1) is 0 Å². The lowest BCUT2D eigenvalue weighted by Crippen LogP contribution is -1.93. The summed E-state index contributed by atoms with van der Waals surface area (Å²) in [6.07, 6.45) is 1.60. The second-order valence-electron chi connectivity index (χ2n) is 3.45. The van der Waals surface area contributed by atoms with Gasteiger partial charge in [-0.25, -0.2) is 4.98 Å². The Kier molecular flexibility index (Phi) is 3.32. The summed E-state index contributed by atoms with van der Waals surface area (Å²) in [4.78, 5) is 4.14. The first-order chi connectivity index (χ1) is 7.65. The number of aryl methyl sites for hydroxylation is 1. The molecule has 82 valence electrons. The zero-order chi connectivity index (χ0) is 11.5. The van der Waals surface area contributed by atoms with Crippen LogP contribution in [0.2, 0.25) is 10.0 Å². The molecule has 0 atom stereocenters. The molecule has 0 bridgehead atoms. The van der Waals surface area contributed by atoms with E-state index < -0.39 is 0 Å². The van der Waals surface area contributed by atoms with E-state index in [1.165, 1.54) is 0 Å². The molecule has 1 aromatic heterocycles. The van der Waals surface area contributed by atoms with Crippen LogP contribution in [0.5, 0.6) is 0 Å². The van der Waals surface area contributed by atoms with Crippen molar-refractivity contribution in [1.29, 1.82) is 0 Å². The molecule has 2 nitrogen and oxygen atoms in total. The van der Waals surface area contributed by atoms with Crippen LogP contribution < -0.4 is 5.32 Å². The minimum absolute atomic E-state index is 0.618. The zero-order valence-electron chi connectivity index (χ0n) is 8.67. The molecule has 0 saturated carbocycles. The van der Waals surface area contributed by atoms with Crippen molar-refractivity contribution < 1.29 is 0 Å². The fourth-order valence-corrected chi connectivity index (χ4v) is 1.56. The summed E-state index contributed by atoms with van der Waals surface area (Å²) < 4.78 is 0. The molecular formula is C12H10Cl2N2. The van der Waals surface area contributed by atoms with E-state index in [4.69, 9.17) is 23.2 Å². The van der Waals surface area contributed by atoms with Gasteiger partial charge in [0.05, 0.1) is 5.02 Å². The predicted octanol–water partition coefficient (Wildman–Crippen LogP) is 4.44. The van der Waals surface area contributed by atoms with Crippen molar-refractivity contribution in [3.63, 3.8) is 0 Å². The Morgan fingerprint density at radius 3 is 2.56 bits per heavy atom. The van der Waals surface area contributed by atoms with Gasteiger partial charge in [-0.1, -0.05) is 29.3 Å². The summed E-state index contributed by atoms with van der Waals surface area (Å²) in [7, 11) is 0. The summed E-state index contributed by atoms with van der Waals surface area (Å²) in [6, 6.07) is 9.38. The van der Waals surface area contributed by atoms with Crippen molar-refractivity contribution in [2.45, 2.75) is 6.92 Å². The average molecular weight is 253 g/mol. The van der Waals surface area contributed by atoms with Crippen LogP contribution in [0.15, 0.2) is 36.5 Å². The van der Waals surface area contributed by atoms with Crippen molar-refractivity contribution in [3.05, 3.63) is 52.1 Å². The first-order valence-corrected chi connectivity index (χ1v) is 5.55. The third kappa shape index (κ3) is 2.65. The second-order valence-corrected chi connectivity index (χ2v) is 4.29. The number of pyridine rings is 1. The van der Waals surface area contributed by atoms with E-state index in [-0.39, 0.29) is 0 Å². The Hall–Kier alpha value is -1.25. The molecule has 0 aliphatic heterocycles. The number of aromatic nitrogens is 1. The summed E-state index contributed by atoms with van der Waals surface area (Å²) in [5, 5.41) is 4.50. The molecule has 1 N–H and O–H groups in total. The maximum absolute atomic E-state index is 6.02. The predicted molar refractivity (Wildman–Crippen MR) is 68.7 cm³/mol. The summed E-state index contributed by atoms with van der Waals surface area (Å²) >= 11 is 11.8. The Labute approximate surface area is 104 Å². The summed E-state index contributed by atoms with van der Waals surface area (Å²) in [5.74, 6) is 0.740. The maximum atomic E-state index is 6.02. The molecule has 0 unspecified atom stereocenters. The Morgan fingerprint density at radius 2 is 1.94 bits per heavy atom. The minimum Gasteiger partial charge on any atom is -0.340 e. The van der Waals surface area contributed by atoms with Gasteiger partial charge in [0.1, 0.15) is 5.82 Å². The van der Waals surface area contributed by atoms with Gasteiger partial charge in [0.15, 0.2) is 0 Å². The van der Waals surface area contributed by atoms with E-state index >= 15 is 0 Å². The molecule has 4 heteroatoms. The van der Waals surface area contributed by atoms with Gasteiger partial charge in [0, 0.05) is 16.9 Å². The number of rotatable bonds is 2. The van der Waals surface area contributed by atoms with E-state index in [1.54, 1.807) is 12.3 Å². The van der Waals surface area contributed by atoms with E-state index in [0.29, 0.717) is 5.02 Å². The molecule has 0 aliphatic rings. The van der Waals surface area contributed by atoms with Crippen LogP contribution in [0.1, 0.15) is 5.56 Å². The molecule has 16 heavy (non-hydrogen) atoms. The molecule has 1 heterocycles. The Bertz CT molecular complexity index is 495. The number of hydrogen-bond acceptors (Lipinski definition) is 2. The number of halogens is 2. The molecule has 0 radical (unpaired) electrons. The van der Waals surface area contributed by atoms with Crippen molar-refractivity contribution in [1.82, 2.24) is 4.98 Å². The van der Waals surface area contributed by atoms with Gasteiger partial charge >= 0.3 is 0 Å². The fourth-order valence-electron chi connectivity index (χ4n) is 1.27. The first-order valence-electron chi connectivity index (χ1n) is 4.80. The SMILES string of the molecule is Cc1ccc(Nc2ccc(Cl)cn2)cc1Cl. The lowest BCUT2D eigenvalue weighted by Gasteiger charge is -2.06. The largest absolute Gasteiger partial charge is 0.340 e. The van der Waals surface area contributed by atoms with Gasteiger partial charge in [0.25, 0.3) is 0 Å². The minimum atomic E-state index is 0.618. The third-order valence-electron chi connectivity index (χ3n) is 2.17. The van der Waals surface area contributed by atoms with Crippen LogP contribution in [0.25, 0.3) is 0 Å². The number of nitrogens with zero attached hydrogens (tertiary/aromatic N) is 1. The van der Waals surface area contributed by atoms with Gasteiger partial charge in [-0.2, -0.15) is 0 Å². The standard InChI is InChI=1S/C12H10Cl2N2/c1-8-2-4-10(6-11(8)14)16-12-5-3-9(13)7-15-12/h2-7H,1H3,(H,15,16). The van der Waals surface area contributed by atoms with Gasteiger partial charge in [-0.05, 0) is 36.8 Å². The molecule has 0 fully saturated rings. The molecule has 0 aliphatic carbocycles. The lowest BCUT2D eigenvalue weighted by molar-refractivity contribution is 1.31. The Morgan fingerprint density at radius 1 is 1.12 bits per heavy atom. The number of nitrogens with one attached hydrogen (secondary N) is 1. The molecule has 2 rings (SSSR count). The van der Waals surface area contributed by atoms with Crippen LogP contribution in [-0.4, -0.2) is 4.98 Å². The highest BCUT2D eigenvalue weighted by Gasteiger charge is 1.99. The van der Waals surface area contributed by atoms with Gasteiger partial charge in [0.2, 0.25) is 0 Å². The van der Waals surface area contributed by atoms with Crippen molar-refractivity contribution in [2.24, 2.45) is 0 Å². The molecule has 0 amide bonds. The van der Waals surface area contributed by atoms with E-state index in [2.05, 4.69) is 10.3 Å². The highest BCUT2D eigenvalue weighted by atomic mass is 35.5. The zero-order valence-corrected chi connectivity index (χ0v) is 10.2. The normalized spacial score (nSPS) is 10.2. The maximum Gasteiger partial charge on any atom is 0.130 e. The molecule has 0 saturated heterocycles. The summed E-state index contributed by atoms with van der Waals surface area (Å²) in [6.45, 7) is 1.96. The topological polar surface area (TPSA) is 24.9 Å². The second kappa shape index (κ2) is 4.73. The van der Waals surface area contributed by atoms with Gasteiger partial charge in [-0.3, -0.25) is 0 Å². The molecule has 1 aromatic carbocycles. The van der Waals surface area contributed by atoms with Crippen molar-refractivity contribution in [3.8, 4) is 0 Å². The Balaban J connectivity index is 2.20. The number of hydrogen-bond donors (Lipinski definition) is 1. The van der Waals surface area contributed by atoms with E-state index in [9.17, 15) is 0 Å². The van der Waals surface area contributed by atoms with Crippen LogP contribution in [0, 0.1) is 6.92 Å². The lowest BCUT2D eigenvalue weighted by atomic mass is 10.2. The van der Waals surface area contributed by atoms with E-state index in [0.717, 1.165) is 22.1 Å².